The highest BCUT2D eigenvalue weighted by Crippen LogP contribution is 2.56. The first-order valence-electron chi connectivity index (χ1n) is 21.0. The number of ether oxygens (including phenoxy) is 1. The van der Waals surface area contributed by atoms with Crippen LogP contribution in [-0.4, -0.2) is 82.5 Å². The van der Waals surface area contributed by atoms with Crippen LogP contribution in [0, 0.1) is 25.6 Å². The van der Waals surface area contributed by atoms with Gasteiger partial charge in [0.25, 0.3) is 5.91 Å². The molecule has 0 bridgehead atoms. The van der Waals surface area contributed by atoms with Gasteiger partial charge in [-0.05, 0) is 124 Å². The van der Waals surface area contributed by atoms with E-state index in [1.165, 1.54) is 14.7 Å². The highest BCUT2D eigenvalue weighted by Gasteiger charge is 2.59. The Morgan fingerprint density at radius 1 is 0.984 bits per heavy atom. The number of hydrogen-bond donors (Lipinski definition) is 1. The lowest BCUT2D eigenvalue weighted by Crippen LogP contribution is -2.41. The second-order valence-corrected chi connectivity index (χ2v) is 20.6. The van der Waals surface area contributed by atoms with Gasteiger partial charge >= 0.3 is 11.4 Å². The minimum absolute atomic E-state index is 0.0195. The summed E-state index contributed by atoms with van der Waals surface area (Å²) < 4.78 is 45.3. The van der Waals surface area contributed by atoms with Gasteiger partial charge in [0, 0.05) is 55.0 Å². The first-order chi connectivity index (χ1) is 29.6. The molecule has 5 aromatic heterocycles. The van der Waals surface area contributed by atoms with E-state index < -0.39 is 30.2 Å². The maximum absolute atomic E-state index is 15.4. The molecule has 1 saturated carbocycles. The molecule has 1 saturated heterocycles. The molecule has 3 aliphatic rings. The predicted octanol–water partition coefficient (Wildman–Crippen LogP) is 6.28. The van der Waals surface area contributed by atoms with Crippen molar-refractivity contribution in [2.24, 2.45) is 5.92 Å². The quantitative estimate of drug-likeness (QED) is 0.173. The number of halogens is 1. The van der Waals surface area contributed by atoms with Crippen LogP contribution in [0.5, 0.6) is 0 Å². The Kier molecular flexibility index (Phi) is 9.34. The minimum Gasteiger partial charge on any atom is -0.381 e. The number of aryl methyl sites for hydroxylation is 2. The van der Waals surface area contributed by atoms with Gasteiger partial charge in [0.1, 0.15) is 41.3 Å². The van der Waals surface area contributed by atoms with Crippen LogP contribution in [0.25, 0.3) is 28.2 Å². The van der Waals surface area contributed by atoms with E-state index in [-0.39, 0.29) is 17.6 Å². The monoisotopic (exact) mass is 859 g/mol. The van der Waals surface area contributed by atoms with Gasteiger partial charge in [-0.25, -0.2) is 23.6 Å². The van der Waals surface area contributed by atoms with E-state index in [1.54, 1.807) is 74.6 Å². The van der Waals surface area contributed by atoms with Crippen molar-refractivity contribution in [3.05, 3.63) is 133 Å². The van der Waals surface area contributed by atoms with E-state index >= 15 is 9.18 Å². The molecule has 7 aromatic rings. The van der Waals surface area contributed by atoms with Gasteiger partial charge in [-0.3, -0.25) is 23.4 Å². The molecular weight excluding hydrogens is 813 g/mol. The van der Waals surface area contributed by atoms with E-state index in [4.69, 9.17) is 14.4 Å². The van der Waals surface area contributed by atoms with Crippen molar-refractivity contribution < 1.29 is 23.0 Å². The van der Waals surface area contributed by atoms with Crippen molar-refractivity contribution in [3.63, 3.8) is 0 Å². The number of rotatable bonds is 8. The van der Waals surface area contributed by atoms with Crippen LogP contribution in [0.4, 0.5) is 4.39 Å². The van der Waals surface area contributed by atoms with Crippen molar-refractivity contribution >= 4 is 29.4 Å². The lowest BCUT2D eigenvalue weighted by atomic mass is 9.91. The summed E-state index contributed by atoms with van der Waals surface area (Å²) in [6.07, 6.45) is 6.05. The number of hydrogen-bond acceptors (Lipinski definition) is 9. The average Bonchev–Trinajstić information content (AvgIpc) is 3.75. The Balaban J connectivity index is 1.12. The van der Waals surface area contributed by atoms with Crippen LogP contribution in [0.3, 0.4) is 0 Å². The summed E-state index contributed by atoms with van der Waals surface area (Å²) in [5, 5.41) is 10.1. The highest BCUT2D eigenvalue weighted by molar-refractivity contribution is 7.69. The number of pyridine rings is 1. The summed E-state index contributed by atoms with van der Waals surface area (Å²) in [6, 6.07) is 16.2. The molecule has 1 amide bonds. The molecular formula is C45H47FN9O6P. The largest absolute Gasteiger partial charge is 0.438 e. The summed E-state index contributed by atoms with van der Waals surface area (Å²) in [5.41, 5.74) is 4.32. The Morgan fingerprint density at radius 3 is 2.39 bits per heavy atom. The first kappa shape index (κ1) is 40.0. The third kappa shape index (κ3) is 6.28. The third-order valence-electron chi connectivity index (χ3n) is 13.2. The van der Waals surface area contributed by atoms with Crippen molar-refractivity contribution in [3.8, 4) is 17.3 Å². The maximum atomic E-state index is 15.4. The SMILES string of the molecule is Cc1cc(-n2nc3c(c2-n2ccn(-c4cccc(P(C)(C)=O)n4)c2=O)[C@H](C)N(C(=O)c2cc4cc(C5CCOCC5)ccc4n2[C@@]2(c4noc(=O)[nH]4)C[C@@H]2C)CC3)cc(C)c1F. The molecule has 1 aliphatic carbocycles. The molecule has 10 rings (SSSR count). The van der Waals surface area contributed by atoms with Crippen molar-refractivity contribution in [1.82, 2.24) is 43.5 Å². The molecule has 0 unspecified atom stereocenters. The fourth-order valence-electron chi connectivity index (χ4n) is 9.77. The lowest BCUT2D eigenvalue weighted by molar-refractivity contribution is 0.0663. The molecule has 0 radical (unpaired) electrons. The number of aromatic amines is 1. The Hall–Kier alpha value is -6.12. The number of carbonyl (C=O) groups is 1. The minimum atomic E-state index is -2.74. The zero-order chi connectivity index (χ0) is 43.4. The number of fused-ring (bicyclic) bond motifs is 2. The Morgan fingerprint density at radius 2 is 1.71 bits per heavy atom. The number of H-pyrrole nitrogens is 1. The molecule has 0 spiro atoms. The van der Waals surface area contributed by atoms with Gasteiger partial charge in [0.05, 0.1) is 17.4 Å². The second kappa shape index (κ2) is 14.5. The van der Waals surface area contributed by atoms with Crippen LogP contribution in [0.1, 0.15) is 89.3 Å². The molecule has 62 heavy (non-hydrogen) atoms. The maximum Gasteiger partial charge on any atom is 0.438 e. The molecule has 7 heterocycles. The van der Waals surface area contributed by atoms with Gasteiger partial charge in [-0.15, -0.1) is 0 Å². The Bertz CT molecular complexity index is 3100. The molecule has 2 aliphatic heterocycles. The van der Waals surface area contributed by atoms with Crippen LogP contribution >= 0.6 is 7.14 Å². The molecule has 2 aromatic carbocycles. The molecule has 17 heteroatoms. The highest BCUT2D eigenvalue weighted by atomic mass is 31.2. The summed E-state index contributed by atoms with van der Waals surface area (Å²) in [7, 11) is -2.74. The normalized spacial score (nSPS) is 20.5. The van der Waals surface area contributed by atoms with Crippen LogP contribution in [0.15, 0.2) is 81.1 Å². The number of benzene rings is 2. The van der Waals surface area contributed by atoms with Crippen LogP contribution < -0.4 is 16.9 Å². The van der Waals surface area contributed by atoms with Crippen molar-refractivity contribution in [1.29, 1.82) is 0 Å². The Labute approximate surface area is 355 Å². The summed E-state index contributed by atoms with van der Waals surface area (Å²) in [4.78, 5) is 51.6. The topological polar surface area (TPSA) is 168 Å². The van der Waals surface area contributed by atoms with Crippen molar-refractivity contribution in [2.75, 3.05) is 33.1 Å². The first-order valence-corrected chi connectivity index (χ1v) is 23.6. The number of aromatic nitrogens is 8. The number of amides is 1. The summed E-state index contributed by atoms with van der Waals surface area (Å²) in [5.74, 6) is 0.188. The van der Waals surface area contributed by atoms with Gasteiger partial charge < -0.3 is 18.8 Å². The molecule has 2 fully saturated rings. The number of imidazole rings is 1. The molecule has 3 atom stereocenters. The summed E-state index contributed by atoms with van der Waals surface area (Å²) >= 11 is 0. The second-order valence-electron chi connectivity index (χ2n) is 17.5. The fourth-order valence-corrected chi connectivity index (χ4v) is 10.6. The van der Waals surface area contributed by atoms with Crippen LogP contribution in [0.2, 0.25) is 0 Å². The predicted molar refractivity (Wildman–Crippen MR) is 231 cm³/mol. The summed E-state index contributed by atoms with van der Waals surface area (Å²) in [6.45, 7) is 12.3. The number of nitrogens with one attached hydrogen (secondary N) is 1. The van der Waals surface area contributed by atoms with E-state index in [1.807, 2.05) is 22.5 Å². The molecule has 15 nitrogen and oxygen atoms in total. The standard InChI is InChI=1S/C45H47FN9O6P/c1-25-20-32(21-26(2)39(25)46)55-40(53-17-16-52(44(53)58)36-8-7-9-37(47-36)62(5,6)59)38-28(4)51(15-12-33(38)49-55)41(56)35-23-31-22-30(29-13-18-60-19-14-29)10-11-34(31)54(35)45(24-27(45)3)42-48-43(57)61-50-42/h7-11,16-17,20-23,27-29H,12-15,18-19,24H2,1-6H3,(H,48,50,57)/t27-,28-,45-/m0/s1. The van der Waals surface area contributed by atoms with Gasteiger partial charge in [0.2, 0.25) is 0 Å². The zero-order valence-corrected chi connectivity index (χ0v) is 36.3. The van der Waals surface area contributed by atoms with E-state index in [2.05, 4.69) is 40.2 Å². The number of nitrogens with zero attached hydrogens (tertiary/aromatic N) is 8. The fraction of sp³-hybridized carbons (Fsp3) is 0.378. The average molecular weight is 860 g/mol. The zero-order valence-electron chi connectivity index (χ0n) is 35.4. The van der Waals surface area contributed by atoms with Gasteiger partial charge in [0.15, 0.2) is 5.82 Å². The van der Waals surface area contributed by atoms with E-state index in [9.17, 15) is 14.2 Å². The number of carbonyl (C=O) groups excluding carboxylic acids is 1. The lowest BCUT2D eigenvalue weighted by Gasteiger charge is -2.34. The third-order valence-corrected chi connectivity index (χ3v) is 14.5. The smallest absolute Gasteiger partial charge is 0.381 e. The van der Waals surface area contributed by atoms with Crippen molar-refractivity contribution in [2.45, 2.75) is 70.9 Å². The van der Waals surface area contributed by atoms with Gasteiger partial charge in [-0.2, -0.15) is 5.10 Å². The van der Waals surface area contributed by atoms with E-state index in [0.29, 0.717) is 95.2 Å². The molecule has 1 N–H and O–H groups in total. The van der Waals surface area contributed by atoms with E-state index in [0.717, 1.165) is 23.7 Å². The van der Waals surface area contributed by atoms with Gasteiger partial charge in [-0.1, -0.05) is 24.2 Å². The molecule has 320 valence electrons. The van der Waals surface area contributed by atoms with Crippen LogP contribution in [-0.2, 0) is 21.3 Å².